The van der Waals surface area contributed by atoms with E-state index < -0.39 is 0 Å². The van der Waals surface area contributed by atoms with Gasteiger partial charge in [-0.2, -0.15) is 0 Å². The Hall–Kier alpha value is -1.99. The summed E-state index contributed by atoms with van der Waals surface area (Å²) < 4.78 is 12.7. The van der Waals surface area contributed by atoms with Crippen molar-refractivity contribution in [3.8, 4) is 0 Å². The van der Waals surface area contributed by atoms with Crippen molar-refractivity contribution in [2.75, 3.05) is 32.9 Å². The predicted molar refractivity (Wildman–Crippen MR) is 75.1 cm³/mol. The molecule has 1 saturated heterocycles. The van der Waals surface area contributed by atoms with Gasteiger partial charge in [-0.3, -0.25) is 9.20 Å². The number of hydrogen-bond donors (Lipinski definition) is 0. The smallest absolute Gasteiger partial charge is 0.257 e. The molecule has 3 rings (SSSR count). The van der Waals surface area contributed by atoms with Crippen LogP contribution in [-0.2, 0) is 9.47 Å². The zero-order valence-corrected chi connectivity index (χ0v) is 11.9. The minimum absolute atomic E-state index is 0.0431. The number of fused-ring (bicyclic) bond motifs is 1. The third-order valence-electron chi connectivity index (χ3n) is 3.49. The number of nitrogens with zero attached hydrogens (tertiary/aromatic N) is 4. The van der Waals surface area contributed by atoms with Crippen molar-refractivity contribution in [2.45, 2.75) is 13.0 Å². The molecule has 1 amide bonds. The van der Waals surface area contributed by atoms with Gasteiger partial charge in [-0.15, -0.1) is 10.2 Å². The van der Waals surface area contributed by atoms with Crippen LogP contribution in [0.25, 0.3) is 5.65 Å². The maximum absolute atomic E-state index is 12.7. The number of hydrogen-bond acceptors (Lipinski definition) is 5. The summed E-state index contributed by atoms with van der Waals surface area (Å²) in [7, 11) is 0. The highest BCUT2D eigenvalue weighted by atomic mass is 16.5. The van der Waals surface area contributed by atoms with E-state index in [2.05, 4.69) is 10.2 Å². The van der Waals surface area contributed by atoms with Crippen molar-refractivity contribution in [2.24, 2.45) is 0 Å². The average molecular weight is 290 g/mol. The fraction of sp³-hybridized carbons (Fsp3) is 0.500. The molecule has 0 spiro atoms. The van der Waals surface area contributed by atoms with Gasteiger partial charge in [0.1, 0.15) is 6.33 Å². The number of carbonyl (C=O) groups is 1. The minimum atomic E-state index is -0.0692. The van der Waals surface area contributed by atoms with E-state index in [9.17, 15) is 4.79 Å². The van der Waals surface area contributed by atoms with Gasteiger partial charge in [0, 0.05) is 25.9 Å². The molecule has 0 bridgehead atoms. The molecule has 0 aromatic carbocycles. The highest BCUT2D eigenvalue weighted by Gasteiger charge is 2.26. The molecule has 0 N–H and O–H groups in total. The number of amides is 1. The van der Waals surface area contributed by atoms with Gasteiger partial charge >= 0.3 is 0 Å². The fourth-order valence-electron chi connectivity index (χ4n) is 2.44. The Morgan fingerprint density at radius 2 is 2.48 bits per heavy atom. The van der Waals surface area contributed by atoms with Crippen LogP contribution in [0.5, 0.6) is 0 Å². The van der Waals surface area contributed by atoms with Crippen LogP contribution in [0.15, 0.2) is 24.7 Å². The van der Waals surface area contributed by atoms with Gasteiger partial charge in [-0.25, -0.2) is 0 Å². The van der Waals surface area contributed by atoms with Crippen molar-refractivity contribution < 1.29 is 14.3 Å². The van der Waals surface area contributed by atoms with E-state index in [0.717, 1.165) is 0 Å². The molecule has 3 heterocycles. The van der Waals surface area contributed by atoms with Crippen LogP contribution in [0, 0.1) is 0 Å². The summed E-state index contributed by atoms with van der Waals surface area (Å²) in [5.41, 5.74) is 1.14. The molecule has 2 aromatic heterocycles. The van der Waals surface area contributed by atoms with Gasteiger partial charge in [0.15, 0.2) is 5.65 Å². The van der Waals surface area contributed by atoms with E-state index in [1.165, 1.54) is 0 Å². The van der Waals surface area contributed by atoms with E-state index in [1.54, 1.807) is 21.7 Å². The number of aromatic nitrogens is 3. The lowest BCUT2D eigenvalue weighted by atomic mass is 10.2. The molecule has 1 aliphatic rings. The van der Waals surface area contributed by atoms with E-state index in [4.69, 9.17) is 9.47 Å². The number of rotatable bonds is 4. The maximum Gasteiger partial charge on any atom is 0.257 e. The van der Waals surface area contributed by atoms with Crippen LogP contribution in [0.4, 0.5) is 0 Å². The molecule has 7 heteroatoms. The second-order valence-corrected chi connectivity index (χ2v) is 4.89. The largest absolute Gasteiger partial charge is 0.379 e. The molecule has 7 nitrogen and oxygen atoms in total. The van der Waals surface area contributed by atoms with Gasteiger partial charge in [0.25, 0.3) is 5.91 Å². The zero-order chi connectivity index (χ0) is 14.7. The summed E-state index contributed by atoms with van der Waals surface area (Å²) in [5, 5.41) is 7.86. The fourth-order valence-corrected chi connectivity index (χ4v) is 2.44. The van der Waals surface area contributed by atoms with Gasteiger partial charge < -0.3 is 14.4 Å². The highest BCUT2D eigenvalue weighted by molar-refractivity contribution is 5.99. The lowest BCUT2D eigenvalue weighted by Crippen LogP contribution is -2.47. The molecular weight excluding hydrogens is 272 g/mol. The third kappa shape index (κ3) is 2.88. The molecule has 1 fully saturated rings. The van der Waals surface area contributed by atoms with Crippen molar-refractivity contribution in [1.82, 2.24) is 19.5 Å². The van der Waals surface area contributed by atoms with Crippen molar-refractivity contribution >= 4 is 11.6 Å². The van der Waals surface area contributed by atoms with Gasteiger partial charge in [-0.1, -0.05) is 0 Å². The van der Waals surface area contributed by atoms with Crippen LogP contribution in [0.3, 0.4) is 0 Å². The normalized spacial score (nSPS) is 19.1. The molecule has 0 aliphatic carbocycles. The van der Waals surface area contributed by atoms with Gasteiger partial charge in [-0.05, 0) is 19.1 Å². The van der Waals surface area contributed by atoms with Crippen LogP contribution in [0.2, 0.25) is 0 Å². The average Bonchev–Trinajstić information content (AvgIpc) is 3.01. The minimum Gasteiger partial charge on any atom is -0.379 e. The molecule has 1 atom stereocenters. The van der Waals surface area contributed by atoms with E-state index in [1.807, 2.05) is 19.2 Å². The monoisotopic (exact) mass is 290 g/mol. The Morgan fingerprint density at radius 1 is 1.57 bits per heavy atom. The van der Waals surface area contributed by atoms with Gasteiger partial charge in [0.05, 0.1) is 24.9 Å². The van der Waals surface area contributed by atoms with Crippen molar-refractivity contribution in [3.63, 3.8) is 0 Å². The van der Waals surface area contributed by atoms with E-state index >= 15 is 0 Å². The van der Waals surface area contributed by atoms with Gasteiger partial charge in [0.2, 0.25) is 0 Å². The molecule has 0 radical (unpaired) electrons. The Kier molecular flexibility index (Phi) is 4.12. The summed E-state index contributed by atoms with van der Waals surface area (Å²) in [6.07, 6.45) is 3.34. The zero-order valence-electron chi connectivity index (χ0n) is 11.9. The number of ether oxygens (including phenoxy) is 2. The summed E-state index contributed by atoms with van der Waals surface area (Å²) in [4.78, 5) is 14.5. The first-order valence-electron chi connectivity index (χ1n) is 7.06. The summed E-state index contributed by atoms with van der Waals surface area (Å²) in [5.74, 6) is -0.0431. The molecule has 2 aromatic rings. The Balaban J connectivity index is 1.76. The summed E-state index contributed by atoms with van der Waals surface area (Å²) >= 11 is 0. The number of pyridine rings is 1. The number of carbonyl (C=O) groups excluding carboxylic acids is 1. The maximum atomic E-state index is 12.7. The topological polar surface area (TPSA) is 69.0 Å². The third-order valence-corrected chi connectivity index (χ3v) is 3.49. The predicted octanol–water partition coefficient (Wildman–Crippen LogP) is 0.607. The first-order valence-corrected chi connectivity index (χ1v) is 7.06. The molecular formula is C14H18N4O3. The van der Waals surface area contributed by atoms with Crippen molar-refractivity contribution in [1.29, 1.82) is 0 Å². The molecule has 112 valence electrons. The molecule has 0 saturated carbocycles. The van der Waals surface area contributed by atoms with Crippen LogP contribution >= 0.6 is 0 Å². The quantitative estimate of drug-likeness (QED) is 0.825. The lowest BCUT2D eigenvalue weighted by molar-refractivity contribution is -0.0597. The highest BCUT2D eigenvalue weighted by Crippen LogP contribution is 2.14. The van der Waals surface area contributed by atoms with Crippen LogP contribution in [-0.4, -0.2) is 64.4 Å². The molecule has 1 unspecified atom stereocenters. The summed E-state index contributed by atoms with van der Waals surface area (Å²) in [6, 6.07) is 3.60. The first-order chi connectivity index (χ1) is 10.3. The Labute approximate surface area is 122 Å². The Bertz CT molecular complexity index is 627. The van der Waals surface area contributed by atoms with E-state index in [0.29, 0.717) is 44.1 Å². The van der Waals surface area contributed by atoms with Crippen LogP contribution < -0.4 is 0 Å². The summed E-state index contributed by atoms with van der Waals surface area (Å²) in [6.45, 7) is 4.74. The SMILES string of the molecule is CCOCC1CN(C(=O)c2cccn3cnnc23)CCO1. The second-order valence-electron chi connectivity index (χ2n) is 4.89. The van der Waals surface area contributed by atoms with E-state index in [-0.39, 0.29) is 12.0 Å². The van der Waals surface area contributed by atoms with Crippen LogP contribution in [0.1, 0.15) is 17.3 Å². The lowest BCUT2D eigenvalue weighted by Gasteiger charge is -2.32. The first kappa shape index (κ1) is 14.0. The standard InChI is InChI=1S/C14H18N4O3/c1-2-20-9-11-8-17(6-7-21-11)14(19)12-4-3-5-18-10-15-16-13(12)18/h3-5,10-11H,2,6-9H2,1H3. The molecule has 21 heavy (non-hydrogen) atoms. The second kappa shape index (κ2) is 6.19. The molecule has 1 aliphatic heterocycles. The Morgan fingerprint density at radius 3 is 3.33 bits per heavy atom. The number of morpholine rings is 1. The van der Waals surface area contributed by atoms with Crippen molar-refractivity contribution in [3.05, 3.63) is 30.2 Å².